The van der Waals surface area contributed by atoms with E-state index in [0.29, 0.717) is 13.2 Å². The maximum Gasteiger partial charge on any atom is 0.373 e. The van der Waals surface area contributed by atoms with Crippen molar-refractivity contribution in [2.24, 2.45) is 0 Å². The second-order valence-electron chi connectivity index (χ2n) is 1.14. The van der Waals surface area contributed by atoms with E-state index in [1.165, 1.54) is 6.40 Å². The van der Waals surface area contributed by atoms with Crippen LogP contribution in [0.1, 0.15) is 0 Å². The van der Waals surface area contributed by atoms with E-state index in [-0.39, 0.29) is 0 Å². The minimum Gasteiger partial charge on any atom is -0.440 e. The van der Waals surface area contributed by atoms with Gasteiger partial charge in [0.05, 0.1) is 0 Å². The van der Waals surface area contributed by atoms with Crippen LogP contribution in [-0.4, -0.2) is 29.5 Å². The van der Waals surface area contributed by atoms with E-state index in [1.54, 1.807) is 0 Å². The average molecular weight is 88.1 g/mol. The molecule has 1 heterocycles. The Balaban J connectivity index is 2.45. The van der Waals surface area contributed by atoms with Gasteiger partial charge in [-0.05, 0) is 0 Å². The zero-order chi connectivity index (χ0) is 4.41. The molecule has 6 heavy (non-hydrogen) atoms. The maximum absolute atomic E-state index is 8.38. The molecule has 1 N–H and O–H groups in total. The Morgan fingerprint density at radius 3 is 2.83 bits per heavy atom. The molecule has 1 rings (SSSR count). The number of rotatable bonds is 0. The summed E-state index contributed by atoms with van der Waals surface area (Å²) >= 11 is 0. The Kier molecular flexibility index (Phi) is 0.670. The van der Waals surface area contributed by atoms with Crippen LogP contribution in [0.15, 0.2) is 0 Å². The Labute approximate surface area is 35.4 Å². The lowest BCUT2D eigenvalue weighted by Crippen LogP contribution is -2.01. The molecule has 0 spiro atoms. The summed E-state index contributed by atoms with van der Waals surface area (Å²) in [6.45, 7) is 1.20. The monoisotopic (exact) mass is 88.0 g/mol. The molecule has 3 nitrogen and oxygen atoms in total. The summed E-state index contributed by atoms with van der Waals surface area (Å²) in [4.78, 5) is 0. The maximum atomic E-state index is 8.38. The van der Waals surface area contributed by atoms with Crippen molar-refractivity contribution >= 4 is 6.40 Å². The van der Waals surface area contributed by atoms with Gasteiger partial charge in [0.2, 0.25) is 6.54 Å². The molecule has 1 aliphatic heterocycles. The van der Waals surface area contributed by atoms with Gasteiger partial charge >= 0.3 is 6.40 Å². The highest BCUT2D eigenvalue weighted by atomic mass is 16.6. The molecule has 0 saturated carbocycles. The largest absolute Gasteiger partial charge is 0.440 e. The van der Waals surface area contributed by atoms with Crippen molar-refractivity contribution in [1.29, 1.82) is 0 Å². The SMILES string of the molecule is O[N+]1=COCC1. The minimum atomic E-state index is 0.597. The molecule has 0 fully saturated rings. The highest BCUT2D eigenvalue weighted by Gasteiger charge is 2.07. The third-order valence-corrected chi connectivity index (χ3v) is 0.634. The summed E-state index contributed by atoms with van der Waals surface area (Å²) in [5, 5.41) is 8.38. The Hall–Kier alpha value is -0.730. The van der Waals surface area contributed by atoms with Crippen LogP contribution in [0, 0.1) is 0 Å². The van der Waals surface area contributed by atoms with Crippen LogP contribution in [-0.2, 0) is 4.74 Å². The molecular weight excluding hydrogens is 82.0 g/mol. The highest BCUT2D eigenvalue weighted by molar-refractivity contribution is 5.39. The number of nitrogens with zero attached hydrogens (tertiary/aromatic N) is 1. The Morgan fingerprint density at radius 1 is 1.83 bits per heavy atom. The molecular formula is C3H6NO2+. The summed E-state index contributed by atoms with van der Waals surface area (Å²) < 4.78 is 5.62. The molecule has 0 saturated heterocycles. The van der Waals surface area contributed by atoms with Crippen molar-refractivity contribution in [2.45, 2.75) is 0 Å². The topological polar surface area (TPSA) is 32.5 Å². The normalized spacial score (nSPS) is 19.7. The minimum absolute atomic E-state index is 0.597. The summed E-state index contributed by atoms with van der Waals surface area (Å²) in [6, 6.07) is 0. The first kappa shape index (κ1) is 3.46. The third kappa shape index (κ3) is 0.429. The molecule has 1 aliphatic rings. The first-order valence-electron chi connectivity index (χ1n) is 1.80. The second-order valence-corrected chi connectivity index (χ2v) is 1.14. The van der Waals surface area contributed by atoms with Gasteiger partial charge in [-0.15, -0.1) is 0 Å². The van der Waals surface area contributed by atoms with E-state index < -0.39 is 0 Å². The first-order chi connectivity index (χ1) is 2.89. The predicted octanol–water partition coefficient (Wildman–Crippen LogP) is -0.553. The standard InChI is InChI=1S/C3H6NO2/c5-4-1-2-6-3-4/h3,5H,1-2H2/q+1. The molecule has 0 unspecified atom stereocenters. The van der Waals surface area contributed by atoms with Gasteiger partial charge in [-0.2, -0.15) is 0 Å². The van der Waals surface area contributed by atoms with Crippen molar-refractivity contribution in [3.05, 3.63) is 0 Å². The van der Waals surface area contributed by atoms with Gasteiger partial charge in [-0.3, -0.25) is 5.21 Å². The van der Waals surface area contributed by atoms with E-state index in [4.69, 9.17) is 5.21 Å². The van der Waals surface area contributed by atoms with E-state index in [0.717, 1.165) is 4.74 Å². The molecule has 0 radical (unpaired) electrons. The molecule has 0 aromatic carbocycles. The van der Waals surface area contributed by atoms with Gasteiger partial charge in [0.1, 0.15) is 0 Å². The van der Waals surface area contributed by atoms with Gasteiger partial charge in [0, 0.05) is 4.74 Å². The van der Waals surface area contributed by atoms with Crippen molar-refractivity contribution < 1.29 is 14.7 Å². The smallest absolute Gasteiger partial charge is 0.373 e. The molecule has 0 aliphatic carbocycles. The summed E-state index contributed by atoms with van der Waals surface area (Å²) in [7, 11) is 0. The fourth-order valence-corrected chi connectivity index (χ4v) is 0.338. The van der Waals surface area contributed by atoms with Crippen LogP contribution in [0.5, 0.6) is 0 Å². The summed E-state index contributed by atoms with van der Waals surface area (Å²) in [6.07, 6.45) is 1.29. The molecule has 0 aromatic rings. The van der Waals surface area contributed by atoms with Crippen LogP contribution in [0.4, 0.5) is 0 Å². The molecule has 0 amide bonds. The first-order valence-corrected chi connectivity index (χ1v) is 1.80. The van der Waals surface area contributed by atoms with E-state index >= 15 is 0 Å². The van der Waals surface area contributed by atoms with Crippen molar-refractivity contribution in [3.8, 4) is 0 Å². The van der Waals surface area contributed by atoms with Gasteiger partial charge in [-0.1, -0.05) is 0 Å². The molecule has 0 bridgehead atoms. The molecule has 0 atom stereocenters. The zero-order valence-electron chi connectivity index (χ0n) is 3.29. The van der Waals surface area contributed by atoms with E-state index in [2.05, 4.69) is 4.74 Å². The predicted molar refractivity (Wildman–Crippen MR) is 18.9 cm³/mol. The van der Waals surface area contributed by atoms with Crippen LogP contribution in [0.2, 0.25) is 0 Å². The summed E-state index contributed by atoms with van der Waals surface area (Å²) in [5.74, 6) is 0. The van der Waals surface area contributed by atoms with Crippen molar-refractivity contribution in [3.63, 3.8) is 0 Å². The van der Waals surface area contributed by atoms with Gasteiger partial charge in [0.15, 0.2) is 6.61 Å². The number of hydrogen-bond acceptors (Lipinski definition) is 2. The fraction of sp³-hybridized carbons (Fsp3) is 0.667. The lowest BCUT2D eigenvalue weighted by atomic mass is 10.7. The molecule has 0 aromatic heterocycles. The van der Waals surface area contributed by atoms with Crippen LogP contribution < -0.4 is 0 Å². The van der Waals surface area contributed by atoms with Gasteiger partial charge in [-0.25, -0.2) is 0 Å². The van der Waals surface area contributed by atoms with E-state index in [9.17, 15) is 0 Å². The quantitative estimate of drug-likeness (QED) is 0.318. The van der Waals surface area contributed by atoms with Crippen LogP contribution in [0.3, 0.4) is 0 Å². The summed E-state index contributed by atoms with van der Waals surface area (Å²) in [5.41, 5.74) is 0. The molecule has 34 valence electrons. The average Bonchev–Trinajstić information content (AvgIpc) is 1.86. The lowest BCUT2D eigenvalue weighted by molar-refractivity contribution is -0.765. The number of hydrogen-bond donors (Lipinski definition) is 1. The van der Waals surface area contributed by atoms with Gasteiger partial charge < -0.3 is 4.74 Å². The molecule has 3 heteroatoms. The van der Waals surface area contributed by atoms with E-state index in [1.807, 2.05) is 0 Å². The number of hydroxylamine groups is 1. The Morgan fingerprint density at radius 2 is 2.67 bits per heavy atom. The van der Waals surface area contributed by atoms with Crippen LogP contribution in [0.25, 0.3) is 0 Å². The van der Waals surface area contributed by atoms with Gasteiger partial charge in [0.25, 0.3) is 0 Å². The van der Waals surface area contributed by atoms with Crippen molar-refractivity contribution in [2.75, 3.05) is 13.2 Å². The number of ether oxygens (including phenoxy) is 1. The second kappa shape index (κ2) is 1.16. The third-order valence-electron chi connectivity index (χ3n) is 0.634. The fourth-order valence-electron chi connectivity index (χ4n) is 0.338. The highest BCUT2D eigenvalue weighted by Crippen LogP contribution is 1.78. The zero-order valence-corrected chi connectivity index (χ0v) is 3.29. The van der Waals surface area contributed by atoms with Crippen molar-refractivity contribution in [1.82, 2.24) is 0 Å². The lowest BCUT2D eigenvalue weighted by Gasteiger charge is -1.70. The van der Waals surface area contributed by atoms with Crippen LogP contribution >= 0.6 is 0 Å². The Bertz CT molecular complexity index is 78.9.